The Hall–Kier alpha value is -4.68. The molecule has 0 amide bonds. The van der Waals surface area contributed by atoms with Crippen molar-refractivity contribution in [2.45, 2.75) is 0 Å². The minimum absolute atomic E-state index is 0.273. The topological polar surface area (TPSA) is 82.0 Å². The molecule has 190 valence electrons. The van der Waals surface area contributed by atoms with Crippen molar-refractivity contribution in [3.63, 3.8) is 0 Å². The highest BCUT2D eigenvalue weighted by Gasteiger charge is 2.10. The third kappa shape index (κ3) is 5.99. The van der Waals surface area contributed by atoms with Gasteiger partial charge in [-0.25, -0.2) is 4.79 Å². The minimum Gasteiger partial charge on any atom is -0.489 e. The largest absolute Gasteiger partial charge is 0.489 e. The van der Waals surface area contributed by atoms with Crippen LogP contribution in [-0.2, 0) is 4.79 Å². The van der Waals surface area contributed by atoms with Crippen molar-refractivity contribution in [2.75, 3.05) is 13.2 Å². The molecule has 2 heterocycles. The Morgan fingerprint density at radius 2 is 1.37 bits per heavy atom. The minimum atomic E-state index is -1.08. The summed E-state index contributed by atoms with van der Waals surface area (Å²) in [6, 6.07) is 28.8. The van der Waals surface area contributed by atoms with Crippen LogP contribution in [0.2, 0.25) is 5.02 Å². The summed E-state index contributed by atoms with van der Waals surface area (Å²) in [6.07, 6.45) is 5.32. The van der Waals surface area contributed by atoms with Gasteiger partial charge in [0.05, 0.1) is 17.5 Å². The van der Waals surface area contributed by atoms with Gasteiger partial charge >= 0.3 is 5.97 Å². The van der Waals surface area contributed by atoms with Gasteiger partial charge in [0.2, 0.25) is 0 Å². The number of halogens is 1. The Balaban J connectivity index is 1.38. The van der Waals surface area contributed by atoms with Gasteiger partial charge in [-0.05, 0) is 59.2 Å². The molecule has 0 aliphatic carbocycles. The van der Waals surface area contributed by atoms with Gasteiger partial charge < -0.3 is 23.4 Å². The third-order valence-electron chi connectivity index (χ3n) is 5.80. The van der Waals surface area contributed by atoms with Crippen LogP contribution in [0.25, 0.3) is 28.2 Å². The average molecular weight is 527 g/mol. The van der Waals surface area contributed by atoms with Crippen LogP contribution in [0.1, 0.15) is 11.1 Å². The van der Waals surface area contributed by atoms with E-state index in [0.717, 1.165) is 39.3 Å². The van der Waals surface area contributed by atoms with E-state index in [1.165, 1.54) is 0 Å². The highest BCUT2D eigenvalue weighted by molar-refractivity contribution is 6.32. The highest BCUT2D eigenvalue weighted by Crippen LogP contribution is 2.31. The number of carboxylic acids is 1. The number of rotatable bonds is 10. The Labute approximate surface area is 224 Å². The van der Waals surface area contributed by atoms with Gasteiger partial charge in [0, 0.05) is 17.2 Å². The summed E-state index contributed by atoms with van der Waals surface area (Å²) in [5.74, 6) is 1.36. The van der Waals surface area contributed by atoms with Crippen LogP contribution >= 0.6 is 11.6 Å². The van der Waals surface area contributed by atoms with Crippen LogP contribution in [-0.4, -0.2) is 24.3 Å². The average Bonchev–Trinajstić information content (AvgIpc) is 3.66. The summed E-state index contributed by atoms with van der Waals surface area (Å²) in [4.78, 5) is 10.7. The highest BCUT2D eigenvalue weighted by atomic mass is 35.5. The maximum Gasteiger partial charge on any atom is 0.341 e. The molecule has 0 saturated heterocycles. The van der Waals surface area contributed by atoms with Gasteiger partial charge in [0.1, 0.15) is 29.6 Å². The number of carboxylic acid groups (broad SMARTS) is 1. The molecule has 2 aromatic heterocycles. The number of hydrogen-bond donors (Lipinski definition) is 1. The lowest BCUT2D eigenvalue weighted by molar-refractivity contribution is -0.139. The molecule has 5 aromatic rings. The second-order valence-electron chi connectivity index (χ2n) is 8.31. The van der Waals surface area contributed by atoms with Crippen LogP contribution in [0, 0.1) is 0 Å². The van der Waals surface area contributed by atoms with E-state index in [0.29, 0.717) is 5.75 Å². The lowest BCUT2D eigenvalue weighted by Gasteiger charge is -2.12. The second-order valence-corrected chi connectivity index (χ2v) is 8.72. The molecule has 0 aliphatic heterocycles. The zero-order chi connectivity index (χ0) is 26.3. The van der Waals surface area contributed by atoms with Crippen LogP contribution < -0.4 is 9.47 Å². The van der Waals surface area contributed by atoms with Crippen molar-refractivity contribution < 1.29 is 28.2 Å². The number of hydrogen-bond acceptors (Lipinski definition) is 5. The molecular weight excluding hydrogens is 504 g/mol. The van der Waals surface area contributed by atoms with Crippen LogP contribution in [0.3, 0.4) is 0 Å². The van der Waals surface area contributed by atoms with Crippen LogP contribution in [0.4, 0.5) is 0 Å². The number of ether oxygens (including phenoxy) is 2. The second kappa shape index (κ2) is 11.6. The predicted molar refractivity (Wildman–Crippen MR) is 145 cm³/mol. The van der Waals surface area contributed by atoms with Crippen molar-refractivity contribution in [3.05, 3.63) is 126 Å². The van der Waals surface area contributed by atoms with E-state index in [4.69, 9.17) is 35.0 Å². The molecule has 0 fully saturated rings. The zero-order valence-electron chi connectivity index (χ0n) is 20.2. The first-order valence-electron chi connectivity index (χ1n) is 11.8. The first-order chi connectivity index (χ1) is 18.6. The first kappa shape index (κ1) is 25.0. The molecule has 7 heteroatoms. The van der Waals surface area contributed by atoms with Crippen molar-refractivity contribution in [3.8, 4) is 34.1 Å². The van der Waals surface area contributed by atoms with Gasteiger partial charge in [0.15, 0.2) is 6.61 Å². The van der Waals surface area contributed by atoms with E-state index in [1.807, 2.05) is 54.6 Å². The molecule has 1 N–H and O–H groups in total. The fourth-order valence-corrected chi connectivity index (χ4v) is 4.19. The van der Waals surface area contributed by atoms with E-state index in [2.05, 4.69) is 24.3 Å². The van der Waals surface area contributed by atoms with Gasteiger partial charge in [-0.3, -0.25) is 0 Å². The normalized spacial score (nSPS) is 10.7. The summed E-state index contributed by atoms with van der Waals surface area (Å²) in [5, 5.41) is 9.07. The summed E-state index contributed by atoms with van der Waals surface area (Å²) >= 11 is 6.23. The molecule has 38 heavy (non-hydrogen) atoms. The number of furan rings is 2. The fourth-order valence-electron chi connectivity index (χ4n) is 3.97. The maximum absolute atomic E-state index is 10.7. The monoisotopic (exact) mass is 526 g/mol. The Morgan fingerprint density at radius 3 is 1.84 bits per heavy atom. The van der Waals surface area contributed by atoms with Gasteiger partial charge in [-0.1, -0.05) is 60.1 Å². The zero-order valence-corrected chi connectivity index (χ0v) is 20.9. The van der Waals surface area contributed by atoms with Crippen molar-refractivity contribution in [2.24, 2.45) is 0 Å². The molecule has 3 aromatic carbocycles. The predicted octanol–water partition coefficient (Wildman–Crippen LogP) is 7.83. The van der Waals surface area contributed by atoms with Crippen LogP contribution in [0.5, 0.6) is 11.5 Å². The lowest BCUT2D eigenvalue weighted by atomic mass is 9.95. The molecular formula is C31H23ClO6. The Morgan fingerprint density at radius 1 is 0.789 bits per heavy atom. The number of aliphatic carboxylic acids is 1. The molecule has 0 aliphatic rings. The maximum atomic E-state index is 10.7. The van der Waals surface area contributed by atoms with Crippen molar-refractivity contribution in [1.29, 1.82) is 0 Å². The van der Waals surface area contributed by atoms with E-state index < -0.39 is 12.6 Å². The van der Waals surface area contributed by atoms with E-state index in [-0.39, 0.29) is 17.4 Å². The first-order valence-corrected chi connectivity index (χ1v) is 12.2. The lowest BCUT2D eigenvalue weighted by Crippen LogP contribution is -2.09. The standard InChI is InChI=1S/C31H23ClO6/c32-27-19-25(13-14-30(27)38-20-31(33)34)35-18-15-26(21-5-9-23(10-6-21)28-3-1-16-36-28)22-7-11-24(12-8-22)29-4-2-17-37-29/h1-17,19H,18,20H2,(H,33,34). The molecule has 0 spiro atoms. The van der Waals surface area contributed by atoms with E-state index in [9.17, 15) is 4.79 Å². The summed E-state index contributed by atoms with van der Waals surface area (Å²) < 4.78 is 22.2. The van der Waals surface area contributed by atoms with Crippen molar-refractivity contribution in [1.82, 2.24) is 0 Å². The Kier molecular flexibility index (Phi) is 7.62. The van der Waals surface area contributed by atoms with Gasteiger partial charge in [-0.15, -0.1) is 0 Å². The third-order valence-corrected chi connectivity index (χ3v) is 6.09. The number of benzene rings is 3. The van der Waals surface area contributed by atoms with Gasteiger partial charge in [0.25, 0.3) is 0 Å². The van der Waals surface area contributed by atoms with E-state index >= 15 is 0 Å². The molecule has 0 unspecified atom stereocenters. The smallest absolute Gasteiger partial charge is 0.341 e. The molecule has 0 radical (unpaired) electrons. The van der Waals surface area contributed by atoms with Gasteiger partial charge in [-0.2, -0.15) is 0 Å². The Bertz CT molecular complexity index is 1440. The SMILES string of the molecule is O=C(O)COc1ccc(OCC=C(c2ccc(-c3ccco3)cc2)c2ccc(-c3ccco3)cc2)cc1Cl. The molecule has 0 atom stereocenters. The summed E-state index contributed by atoms with van der Waals surface area (Å²) in [7, 11) is 0. The summed E-state index contributed by atoms with van der Waals surface area (Å²) in [5.41, 5.74) is 5.01. The van der Waals surface area contributed by atoms with E-state index in [1.54, 1.807) is 30.7 Å². The van der Waals surface area contributed by atoms with Crippen LogP contribution in [0.15, 0.2) is 118 Å². The molecule has 0 bridgehead atoms. The van der Waals surface area contributed by atoms with Crippen molar-refractivity contribution >= 4 is 23.1 Å². The number of carbonyl (C=O) groups is 1. The summed E-state index contributed by atoms with van der Waals surface area (Å²) in [6.45, 7) is -0.190. The fraction of sp³-hybridized carbons (Fsp3) is 0.0645. The quantitative estimate of drug-likeness (QED) is 0.200. The molecule has 6 nitrogen and oxygen atoms in total. The molecule has 5 rings (SSSR count). The molecule has 0 saturated carbocycles.